The quantitative estimate of drug-likeness (QED) is 0.713. The number of alkyl halides is 1. The van der Waals surface area contributed by atoms with Gasteiger partial charge >= 0.3 is 0 Å². The van der Waals surface area contributed by atoms with Crippen LogP contribution in [0.25, 0.3) is 0 Å². The molecule has 2 heteroatoms. The third-order valence-corrected chi connectivity index (χ3v) is 3.96. The highest BCUT2D eigenvalue weighted by atomic mass is 35.5. The van der Waals surface area contributed by atoms with Crippen molar-refractivity contribution in [1.29, 1.82) is 0 Å². The summed E-state index contributed by atoms with van der Waals surface area (Å²) in [6.07, 6.45) is 3.84. The van der Waals surface area contributed by atoms with E-state index < -0.39 is 0 Å². The van der Waals surface area contributed by atoms with Crippen LogP contribution in [0.5, 0.6) is 0 Å². The lowest BCUT2D eigenvalue weighted by atomic mass is 10.1. The number of para-hydroxylation sites is 1. The molecule has 0 aliphatic carbocycles. The summed E-state index contributed by atoms with van der Waals surface area (Å²) in [5.41, 5.74) is 2.60. The molecule has 0 N–H and O–H groups in total. The maximum absolute atomic E-state index is 6.02. The predicted octanol–water partition coefficient (Wildman–Crippen LogP) is 4.19. The van der Waals surface area contributed by atoms with Gasteiger partial charge in [-0.2, -0.15) is 0 Å². The molecule has 1 fully saturated rings. The van der Waals surface area contributed by atoms with Gasteiger partial charge in [-0.05, 0) is 37.8 Å². The molecule has 2 unspecified atom stereocenters. The molecule has 1 aliphatic heterocycles. The maximum Gasteiger partial charge on any atom is 0.0494 e. The maximum atomic E-state index is 6.02. The molecule has 1 nitrogen and oxygen atoms in total. The average molecular weight is 238 g/mol. The van der Waals surface area contributed by atoms with E-state index in [0.29, 0.717) is 18.0 Å². The number of hydrogen-bond acceptors (Lipinski definition) is 1. The standard InChI is InChI=1S/C14H20ClN/c1-3-13-9-8-11(2)16(13)14-7-5-4-6-12(14)10-15/h4-7,11,13H,3,8-10H2,1-2H3. The van der Waals surface area contributed by atoms with Crippen molar-refractivity contribution in [2.75, 3.05) is 4.90 Å². The van der Waals surface area contributed by atoms with Crippen molar-refractivity contribution in [2.24, 2.45) is 0 Å². The smallest absolute Gasteiger partial charge is 0.0494 e. The van der Waals surface area contributed by atoms with Crippen molar-refractivity contribution in [1.82, 2.24) is 0 Å². The lowest BCUT2D eigenvalue weighted by molar-refractivity contribution is 0.626. The summed E-state index contributed by atoms with van der Waals surface area (Å²) in [4.78, 5) is 2.57. The van der Waals surface area contributed by atoms with Gasteiger partial charge < -0.3 is 4.90 Å². The normalized spacial score (nSPS) is 25.1. The number of halogens is 1. The second-order valence-corrected chi connectivity index (χ2v) is 4.93. The number of hydrogen-bond donors (Lipinski definition) is 0. The summed E-state index contributed by atoms with van der Waals surface area (Å²) in [5, 5.41) is 0. The fraction of sp³-hybridized carbons (Fsp3) is 0.571. The van der Waals surface area contributed by atoms with Gasteiger partial charge in [-0.25, -0.2) is 0 Å². The molecule has 1 aliphatic rings. The Morgan fingerprint density at radius 1 is 1.31 bits per heavy atom. The van der Waals surface area contributed by atoms with Crippen LogP contribution in [-0.4, -0.2) is 12.1 Å². The first-order chi connectivity index (χ1) is 7.77. The van der Waals surface area contributed by atoms with Crippen molar-refractivity contribution in [2.45, 2.75) is 51.1 Å². The van der Waals surface area contributed by atoms with Crippen LogP contribution in [0.1, 0.15) is 38.7 Å². The van der Waals surface area contributed by atoms with E-state index in [0.717, 1.165) is 0 Å². The molecule has 1 aromatic carbocycles. The summed E-state index contributed by atoms with van der Waals surface area (Å²) in [5.74, 6) is 0.607. The SMILES string of the molecule is CCC1CCC(C)N1c1ccccc1CCl. The minimum atomic E-state index is 0.607. The Hall–Kier alpha value is -0.690. The highest BCUT2D eigenvalue weighted by molar-refractivity contribution is 6.17. The Balaban J connectivity index is 2.34. The zero-order valence-corrected chi connectivity index (χ0v) is 10.9. The van der Waals surface area contributed by atoms with Crippen LogP contribution in [0, 0.1) is 0 Å². The first kappa shape index (κ1) is 11.8. The minimum Gasteiger partial charge on any atom is -0.366 e. The van der Waals surface area contributed by atoms with Gasteiger partial charge in [0.15, 0.2) is 0 Å². The number of anilines is 1. The van der Waals surface area contributed by atoms with Crippen LogP contribution in [-0.2, 0) is 5.88 Å². The van der Waals surface area contributed by atoms with E-state index in [2.05, 4.69) is 43.0 Å². The van der Waals surface area contributed by atoms with Crippen molar-refractivity contribution < 1.29 is 0 Å². The Morgan fingerprint density at radius 2 is 2.06 bits per heavy atom. The van der Waals surface area contributed by atoms with E-state index in [4.69, 9.17) is 11.6 Å². The Morgan fingerprint density at radius 3 is 2.75 bits per heavy atom. The lowest BCUT2D eigenvalue weighted by Crippen LogP contribution is -2.34. The van der Waals surface area contributed by atoms with Crippen LogP contribution in [0.15, 0.2) is 24.3 Å². The Bertz CT molecular complexity index is 350. The van der Waals surface area contributed by atoms with E-state index in [1.807, 2.05) is 0 Å². The lowest BCUT2D eigenvalue weighted by Gasteiger charge is -2.32. The zero-order valence-electron chi connectivity index (χ0n) is 10.1. The third-order valence-electron chi connectivity index (χ3n) is 3.67. The van der Waals surface area contributed by atoms with Gasteiger partial charge in [0.25, 0.3) is 0 Å². The van der Waals surface area contributed by atoms with E-state index >= 15 is 0 Å². The summed E-state index contributed by atoms with van der Waals surface area (Å²) >= 11 is 6.02. The molecule has 0 spiro atoms. The van der Waals surface area contributed by atoms with E-state index in [1.54, 1.807) is 0 Å². The molecule has 2 rings (SSSR count). The fourth-order valence-corrected chi connectivity index (χ4v) is 3.01. The Labute approximate surface area is 103 Å². The highest BCUT2D eigenvalue weighted by Gasteiger charge is 2.30. The highest BCUT2D eigenvalue weighted by Crippen LogP contribution is 2.34. The zero-order chi connectivity index (χ0) is 11.5. The monoisotopic (exact) mass is 237 g/mol. The van der Waals surface area contributed by atoms with Gasteiger partial charge in [0.1, 0.15) is 0 Å². The second-order valence-electron chi connectivity index (χ2n) is 4.66. The third kappa shape index (κ3) is 2.06. The number of benzene rings is 1. The van der Waals surface area contributed by atoms with Crippen LogP contribution in [0.3, 0.4) is 0 Å². The topological polar surface area (TPSA) is 3.24 Å². The molecular formula is C14H20ClN. The predicted molar refractivity (Wildman–Crippen MR) is 71.3 cm³/mol. The van der Waals surface area contributed by atoms with Crippen LogP contribution in [0.2, 0.25) is 0 Å². The van der Waals surface area contributed by atoms with Crippen LogP contribution >= 0.6 is 11.6 Å². The van der Waals surface area contributed by atoms with Gasteiger partial charge in [-0.1, -0.05) is 25.1 Å². The minimum absolute atomic E-state index is 0.607. The molecule has 2 atom stereocenters. The van der Waals surface area contributed by atoms with Crippen LogP contribution in [0.4, 0.5) is 5.69 Å². The molecule has 16 heavy (non-hydrogen) atoms. The summed E-state index contributed by atoms with van der Waals surface area (Å²) < 4.78 is 0. The molecule has 0 amide bonds. The van der Waals surface area contributed by atoms with Gasteiger partial charge in [0.05, 0.1) is 0 Å². The van der Waals surface area contributed by atoms with E-state index in [-0.39, 0.29) is 0 Å². The number of nitrogens with zero attached hydrogens (tertiary/aromatic N) is 1. The molecule has 0 bridgehead atoms. The molecule has 0 saturated carbocycles. The van der Waals surface area contributed by atoms with Crippen molar-refractivity contribution in [3.05, 3.63) is 29.8 Å². The molecular weight excluding hydrogens is 218 g/mol. The van der Waals surface area contributed by atoms with E-state index in [1.165, 1.54) is 30.5 Å². The summed E-state index contributed by atoms with van der Waals surface area (Å²) in [6, 6.07) is 9.88. The molecule has 0 aromatic heterocycles. The van der Waals surface area contributed by atoms with Crippen LogP contribution < -0.4 is 4.90 Å². The fourth-order valence-electron chi connectivity index (χ4n) is 2.78. The van der Waals surface area contributed by atoms with E-state index in [9.17, 15) is 0 Å². The Kier molecular flexibility index (Phi) is 3.75. The molecule has 1 aromatic rings. The van der Waals surface area contributed by atoms with Crippen molar-refractivity contribution in [3.63, 3.8) is 0 Å². The molecule has 0 radical (unpaired) electrons. The average Bonchev–Trinajstić information content (AvgIpc) is 2.70. The largest absolute Gasteiger partial charge is 0.366 e. The van der Waals surface area contributed by atoms with Gasteiger partial charge in [-0.3, -0.25) is 0 Å². The molecule has 1 heterocycles. The summed E-state index contributed by atoms with van der Waals surface area (Å²) in [7, 11) is 0. The van der Waals surface area contributed by atoms with Gasteiger partial charge in [0.2, 0.25) is 0 Å². The number of rotatable bonds is 3. The second kappa shape index (κ2) is 5.09. The molecule has 88 valence electrons. The molecule has 1 saturated heterocycles. The van der Waals surface area contributed by atoms with Crippen molar-refractivity contribution >= 4 is 17.3 Å². The van der Waals surface area contributed by atoms with Crippen molar-refractivity contribution in [3.8, 4) is 0 Å². The first-order valence-electron chi connectivity index (χ1n) is 6.20. The summed E-state index contributed by atoms with van der Waals surface area (Å²) in [6.45, 7) is 4.60. The first-order valence-corrected chi connectivity index (χ1v) is 6.73. The van der Waals surface area contributed by atoms with Gasteiger partial charge in [0, 0.05) is 23.7 Å². The van der Waals surface area contributed by atoms with Gasteiger partial charge in [-0.15, -0.1) is 11.6 Å².